The van der Waals surface area contributed by atoms with Gasteiger partial charge in [-0.1, -0.05) is 18.6 Å². The van der Waals surface area contributed by atoms with Crippen molar-refractivity contribution in [2.24, 2.45) is 5.41 Å². The lowest BCUT2D eigenvalue weighted by Gasteiger charge is -2.17. The Morgan fingerprint density at radius 2 is 1.89 bits per heavy atom. The Morgan fingerprint density at radius 3 is 2.52 bits per heavy atom. The molecule has 5 heteroatoms. The number of aromatic nitrogens is 1. The van der Waals surface area contributed by atoms with E-state index < -0.39 is 23.1 Å². The van der Waals surface area contributed by atoms with Crippen LogP contribution in [0, 0.1) is 17.0 Å². The fourth-order valence-corrected chi connectivity index (χ4v) is 4.31. The molecule has 0 aliphatic heterocycles. The Bertz CT molecular complexity index is 941. The van der Waals surface area contributed by atoms with Crippen molar-refractivity contribution in [2.75, 3.05) is 5.32 Å². The normalized spacial score (nSPS) is 17.5. The quantitative estimate of drug-likeness (QED) is 0.772. The molecule has 2 aromatic rings. The zero-order chi connectivity index (χ0) is 19.2. The molecule has 27 heavy (non-hydrogen) atoms. The van der Waals surface area contributed by atoms with Crippen LogP contribution in [-0.2, 0) is 6.42 Å². The first kappa shape index (κ1) is 17.8. The van der Waals surface area contributed by atoms with E-state index in [2.05, 4.69) is 23.3 Å². The van der Waals surface area contributed by atoms with Crippen molar-refractivity contribution < 1.29 is 13.6 Å². The molecule has 0 unspecified atom stereocenters. The largest absolute Gasteiger partial charge is 0.322 e. The first-order valence-electron chi connectivity index (χ1n) is 9.39. The van der Waals surface area contributed by atoms with E-state index in [9.17, 15) is 13.6 Å². The number of carbonyl (C=O) groups excluding carboxylic acids is 1. The fourth-order valence-electron chi connectivity index (χ4n) is 4.31. The highest BCUT2D eigenvalue weighted by Crippen LogP contribution is 2.64. The Morgan fingerprint density at radius 1 is 1.19 bits per heavy atom. The highest BCUT2D eigenvalue weighted by Gasteiger charge is 2.49. The topological polar surface area (TPSA) is 42.0 Å². The number of hydrogen-bond acceptors (Lipinski definition) is 2. The summed E-state index contributed by atoms with van der Waals surface area (Å²) in [6, 6.07) is 5.97. The van der Waals surface area contributed by atoms with Crippen molar-refractivity contribution >= 4 is 17.2 Å². The van der Waals surface area contributed by atoms with Crippen LogP contribution in [0.25, 0.3) is 5.57 Å². The maximum Gasteiger partial charge on any atom is 0.261 e. The number of nitrogens with one attached hydrogen (secondary N) is 1. The van der Waals surface area contributed by atoms with Crippen LogP contribution in [0.5, 0.6) is 0 Å². The minimum Gasteiger partial charge on any atom is -0.322 e. The Kier molecular flexibility index (Phi) is 4.33. The number of rotatable bonds is 4. The smallest absolute Gasteiger partial charge is 0.261 e. The highest BCUT2D eigenvalue weighted by molar-refractivity contribution is 6.05. The number of allylic oxidation sites excluding steroid dienone is 2. The number of halogens is 2. The first-order valence-corrected chi connectivity index (χ1v) is 9.39. The van der Waals surface area contributed by atoms with Crippen LogP contribution in [0.2, 0.25) is 0 Å². The molecule has 1 heterocycles. The van der Waals surface area contributed by atoms with Gasteiger partial charge in [-0.25, -0.2) is 8.78 Å². The molecule has 3 nitrogen and oxygen atoms in total. The average molecular weight is 368 g/mol. The molecule has 2 aliphatic carbocycles. The van der Waals surface area contributed by atoms with E-state index in [0.29, 0.717) is 17.5 Å². The molecule has 1 N–H and O–H groups in total. The van der Waals surface area contributed by atoms with E-state index >= 15 is 0 Å². The molecule has 1 aromatic heterocycles. The van der Waals surface area contributed by atoms with Gasteiger partial charge in [-0.3, -0.25) is 9.78 Å². The van der Waals surface area contributed by atoms with Crippen molar-refractivity contribution in [3.63, 3.8) is 0 Å². The zero-order valence-corrected chi connectivity index (χ0v) is 15.5. The summed E-state index contributed by atoms with van der Waals surface area (Å²) >= 11 is 0. The van der Waals surface area contributed by atoms with Crippen molar-refractivity contribution in [3.05, 3.63) is 64.5 Å². The van der Waals surface area contributed by atoms with Gasteiger partial charge < -0.3 is 5.32 Å². The average Bonchev–Trinajstić information content (AvgIpc) is 3.34. The Balaban J connectivity index is 1.65. The van der Waals surface area contributed by atoms with E-state index in [1.165, 1.54) is 36.0 Å². The molecule has 1 spiro atoms. The SMILES string of the molecule is CCc1cc(C2=C(C)CCC23CC3)ccc1NC(=O)c1c(F)cncc1F. The van der Waals surface area contributed by atoms with E-state index in [-0.39, 0.29) is 0 Å². The molecule has 0 radical (unpaired) electrons. The van der Waals surface area contributed by atoms with Gasteiger partial charge in [0.2, 0.25) is 0 Å². The van der Waals surface area contributed by atoms with Crippen molar-refractivity contribution in [1.29, 1.82) is 0 Å². The second kappa shape index (κ2) is 6.55. The summed E-state index contributed by atoms with van der Waals surface area (Å²) in [4.78, 5) is 15.8. The van der Waals surface area contributed by atoms with Gasteiger partial charge in [-0.15, -0.1) is 0 Å². The second-order valence-electron chi connectivity index (χ2n) is 7.59. The summed E-state index contributed by atoms with van der Waals surface area (Å²) in [7, 11) is 0. The minimum atomic E-state index is -0.968. The van der Waals surface area contributed by atoms with Gasteiger partial charge in [-0.2, -0.15) is 0 Å². The summed E-state index contributed by atoms with van der Waals surface area (Å²) in [5, 5.41) is 2.66. The van der Waals surface area contributed by atoms with Crippen molar-refractivity contribution in [3.8, 4) is 0 Å². The summed E-state index contributed by atoms with van der Waals surface area (Å²) in [5.74, 6) is -2.74. The number of nitrogens with zero attached hydrogens (tertiary/aromatic N) is 1. The molecule has 0 saturated heterocycles. The molecule has 4 rings (SSSR count). The maximum atomic E-state index is 13.8. The molecule has 1 saturated carbocycles. The molecule has 140 valence electrons. The molecule has 1 fully saturated rings. The molecule has 1 amide bonds. The van der Waals surface area contributed by atoms with Gasteiger partial charge in [0.05, 0.1) is 12.4 Å². The van der Waals surface area contributed by atoms with E-state index in [1.54, 1.807) is 0 Å². The van der Waals surface area contributed by atoms with Crippen LogP contribution >= 0.6 is 0 Å². The zero-order valence-electron chi connectivity index (χ0n) is 15.5. The van der Waals surface area contributed by atoms with Gasteiger partial charge >= 0.3 is 0 Å². The third-order valence-electron chi connectivity index (χ3n) is 5.89. The molecule has 0 bridgehead atoms. The molecule has 0 atom stereocenters. The number of benzene rings is 1. The van der Waals surface area contributed by atoms with Crippen LogP contribution in [0.15, 0.2) is 36.2 Å². The maximum absolute atomic E-state index is 13.8. The van der Waals surface area contributed by atoms with Crippen LogP contribution in [0.1, 0.15) is 61.0 Å². The molecule has 1 aromatic carbocycles. The molecular formula is C22H22F2N2O. The molecule has 2 aliphatic rings. The van der Waals surface area contributed by atoms with Gasteiger partial charge in [0.1, 0.15) is 5.56 Å². The number of amides is 1. The number of anilines is 1. The number of aryl methyl sites for hydroxylation is 1. The predicted octanol–water partition coefficient (Wildman–Crippen LogP) is 5.52. The minimum absolute atomic E-state index is 0.364. The van der Waals surface area contributed by atoms with Crippen molar-refractivity contribution in [1.82, 2.24) is 4.98 Å². The van der Waals surface area contributed by atoms with Crippen LogP contribution in [0.3, 0.4) is 0 Å². The standard InChI is InChI=1S/C22H22F2N2O/c1-3-14-10-15(20-13(2)6-7-22(20)8-9-22)4-5-18(14)26-21(27)19-16(23)11-25-12-17(19)24/h4-5,10-12H,3,6-9H2,1-2H3,(H,26,27). The second-order valence-corrected chi connectivity index (χ2v) is 7.59. The number of carbonyl (C=O) groups is 1. The summed E-state index contributed by atoms with van der Waals surface area (Å²) in [6.45, 7) is 4.21. The van der Waals surface area contributed by atoms with Crippen LogP contribution in [-0.4, -0.2) is 10.9 Å². The summed E-state index contributed by atoms with van der Waals surface area (Å²) in [5.41, 5.74) is 5.42. The van der Waals surface area contributed by atoms with E-state index in [1.807, 2.05) is 19.1 Å². The number of hydrogen-bond donors (Lipinski definition) is 1. The van der Waals surface area contributed by atoms with Gasteiger partial charge in [-0.05, 0) is 73.3 Å². The van der Waals surface area contributed by atoms with Crippen LogP contribution in [0.4, 0.5) is 14.5 Å². The lowest BCUT2D eigenvalue weighted by molar-refractivity contribution is 0.101. The summed E-state index contributed by atoms with van der Waals surface area (Å²) in [6.07, 6.45) is 7.27. The Hall–Kier alpha value is -2.56. The fraction of sp³-hybridized carbons (Fsp3) is 0.364. The van der Waals surface area contributed by atoms with Crippen molar-refractivity contribution in [2.45, 2.75) is 46.0 Å². The molecular weight excluding hydrogens is 346 g/mol. The summed E-state index contributed by atoms with van der Waals surface area (Å²) < 4.78 is 27.6. The highest BCUT2D eigenvalue weighted by atomic mass is 19.1. The van der Waals surface area contributed by atoms with Gasteiger partial charge in [0.15, 0.2) is 11.6 Å². The van der Waals surface area contributed by atoms with Crippen LogP contribution < -0.4 is 5.32 Å². The van der Waals surface area contributed by atoms with E-state index in [0.717, 1.165) is 24.4 Å². The third-order valence-corrected chi connectivity index (χ3v) is 5.89. The third kappa shape index (κ3) is 3.05. The Labute approximate surface area is 157 Å². The predicted molar refractivity (Wildman–Crippen MR) is 101 cm³/mol. The lowest BCUT2D eigenvalue weighted by atomic mass is 9.89. The number of pyridine rings is 1. The van der Waals surface area contributed by atoms with Gasteiger partial charge in [0.25, 0.3) is 5.91 Å². The first-order chi connectivity index (χ1) is 12.9. The monoisotopic (exact) mass is 368 g/mol. The van der Waals surface area contributed by atoms with Gasteiger partial charge in [0, 0.05) is 5.69 Å². The van der Waals surface area contributed by atoms with E-state index in [4.69, 9.17) is 0 Å². The lowest BCUT2D eigenvalue weighted by Crippen LogP contribution is -2.17.